The maximum atomic E-state index is 6.38. The Hall–Kier alpha value is -0.810. The van der Waals surface area contributed by atoms with Crippen LogP contribution >= 0.6 is 18.1 Å². The van der Waals surface area contributed by atoms with Crippen LogP contribution in [0.3, 0.4) is 0 Å². The molecule has 7 heteroatoms. The Kier molecular flexibility index (Phi) is 13.0. The van der Waals surface area contributed by atoms with Crippen LogP contribution in [0.1, 0.15) is 84.3 Å². The lowest BCUT2D eigenvalue weighted by atomic mass is 10.0. The Morgan fingerprint density at radius 2 is 1.59 bits per heavy atom. The van der Waals surface area contributed by atoms with E-state index >= 15 is 0 Å². The highest BCUT2D eigenvalue weighted by Gasteiger charge is 2.27. The number of nitrogens with zero attached hydrogens (tertiary/aromatic N) is 3. The molecule has 0 aromatic heterocycles. The average Bonchev–Trinajstić information content (AvgIpc) is 3.33. The average molecular weight is 482 g/mol. The van der Waals surface area contributed by atoms with E-state index in [1.807, 2.05) is 6.92 Å². The van der Waals surface area contributed by atoms with Crippen molar-refractivity contribution in [3.63, 3.8) is 0 Å². The van der Waals surface area contributed by atoms with Gasteiger partial charge in [-0.2, -0.15) is 4.74 Å². The van der Waals surface area contributed by atoms with E-state index in [0.29, 0.717) is 13.2 Å². The second-order valence-corrected chi connectivity index (χ2v) is 12.7. The van der Waals surface area contributed by atoms with Crippen molar-refractivity contribution in [1.82, 2.24) is 4.90 Å². The van der Waals surface area contributed by atoms with Crippen molar-refractivity contribution in [2.75, 3.05) is 32.1 Å². The molecule has 5 nitrogen and oxygen atoms in total. The van der Waals surface area contributed by atoms with Gasteiger partial charge in [0.25, 0.3) is 6.71 Å². The molecule has 1 saturated heterocycles. The fourth-order valence-corrected chi connectivity index (χ4v) is 8.35. The van der Waals surface area contributed by atoms with Gasteiger partial charge >= 0.3 is 0 Å². The maximum Gasteiger partial charge on any atom is 0.280 e. The molecule has 1 heterocycles. The van der Waals surface area contributed by atoms with Gasteiger partial charge in [-0.3, -0.25) is 0 Å². The van der Waals surface area contributed by atoms with E-state index in [1.165, 1.54) is 24.0 Å². The van der Waals surface area contributed by atoms with Gasteiger partial charge in [-0.05, 0) is 56.6 Å². The third-order valence-corrected chi connectivity index (χ3v) is 10.1. The molecule has 0 N–H and O–H groups in total. The van der Waals surface area contributed by atoms with Gasteiger partial charge < -0.3 is 13.9 Å². The summed E-state index contributed by atoms with van der Waals surface area (Å²) in [7, 11) is 0. The van der Waals surface area contributed by atoms with Crippen LogP contribution < -0.4 is 0 Å². The molecular weight excluding hydrogens is 437 g/mol. The molecule has 2 rings (SSSR count). The smallest absolute Gasteiger partial charge is 0.280 e. The van der Waals surface area contributed by atoms with E-state index in [1.54, 1.807) is 11.4 Å². The van der Waals surface area contributed by atoms with E-state index in [4.69, 9.17) is 18.8 Å². The van der Waals surface area contributed by atoms with Gasteiger partial charge in [0.1, 0.15) is 0 Å². The monoisotopic (exact) mass is 481 g/mol. The highest BCUT2D eigenvalue weighted by Crippen LogP contribution is 2.64. The van der Waals surface area contributed by atoms with Crippen molar-refractivity contribution >= 4 is 29.7 Å². The summed E-state index contributed by atoms with van der Waals surface area (Å²) in [5.41, 5.74) is 3.76. The van der Waals surface area contributed by atoms with E-state index in [0.717, 1.165) is 69.0 Å². The molecule has 1 aliphatic heterocycles. The first-order valence-corrected chi connectivity index (χ1v) is 15.8. The van der Waals surface area contributed by atoms with Gasteiger partial charge in [-0.1, -0.05) is 70.1 Å². The van der Waals surface area contributed by atoms with E-state index in [2.05, 4.69) is 50.8 Å². The zero-order valence-corrected chi connectivity index (χ0v) is 22.6. The molecule has 1 aromatic rings. The molecule has 0 amide bonds. The zero-order valence-electron chi connectivity index (χ0n) is 20.9. The molecule has 1 aromatic carbocycles. The Bertz CT molecular complexity index is 727. The fourth-order valence-electron chi connectivity index (χ4n) is 3.79. The Balaban J connectivity index is 2.65. The minimum Gasteiger partial charge on any atom is -0.341 e. The van der Waals surface area contributed by atoms with Gasteiger partial charge in [0.2, 0.25) is 5.96 Å². The quantitative estimate of drug-likeness (QED) is 0.162. The molecule has 0 saturated carbocycles. The van der Waals surface area contributed by atoms with Crippen molar-refractivity contribution < 1.29 is 9.05 Å². The second-order valence-electron chi connectivity index (χ2n) is 8.18. The highest BCUT2D eigenvalue weighted by atomic mass is 32.7. The summed E-state index contributed by atoms with van der Waals surface area (Å²) in [6.07, 6.45) is 8.68. The van der Waals surface area contributed by atoms with Gasteiger partial charge in [0.15, 0.2) is 0 Å². The molecule has 32 heavy (non-hydrogen) atoms. The summed E-state index contributed by atoms with van der Waals surface area (Å²) in [4.78, 5) is 7.63. The number of rotatable bonds is 13. The number of benzene rings is 1. The number of likely N-dealkylation sites (tertiary alicyclic amines) is 1. The first-order chi connectivity index (χ1) is 15.6. The number of para-hydroxylation sites is 1. The lowest BCUT2D eigenvalue weighted by Gasteiger charge is -2.26. The number of guanidine groups is 1. The Morgan fingerprint density at radius 3 is 2.12 bits per heavy atom. The van der Waals surface area contributed by atoms with Crippen LogP contribution in [-0.4, -0.2) is 42.9 Å². The summed E-state index contributed by atoms with van der Waals surface area (Å²) < 4.78 is 17.9. The standard InChI is InChI=1S/C25H44N3O2PS/c1-6-14-22-16-13-17-23(15-7-2)24(22)26-25(28-18-11-12-19-28)27-31(29-10-5,30-20-8-3)32-21-9-4/h13,16-17H,6-12,14-15,18-21H2,1-5H3. The third kappa shape index (κ3) is 8.20. The minimum absolute atomic E-state index is 0.596. The number of hydrogen-bond acceptors (Lipinski definition) is 4. The summed E-state index contributed by atoms with van der Waals surface area (Å²) in [6, 6.07) is 6.64. The highest BCUT2D eigenvalue weighted by molar-refractivity contribution is 8.55. The SMILES string of the molecule is CCCOP(=NC(=Nc1c(CCC)cccc1CCC)N1CCCC1)(OCC)SCCC. The predicted molar refractivity (Wildman–Crippen MR) is 142 cm³/mol. The lowest BCUT2D eigenvalue weighted by Crippen LogP contribution is -2.26. The second kappa shape index (κ2) is 15.2. The van der Waals surface area contributed by atoms with E-state index in [-0.39, 0.29) is 0 Å². The number of aliphatic imine (C=N–C) groups is 1. The maximum absolute atomic E-state index is 6.38. The normalized spacial score (nSPS) is 16.4. The fraction of sp³-hybridized carbons (Fsp3) is 0.720. The van der Waals surface area contributed by atoms with Crippen LogP contribution in [0.4, 0.5) is 5.69 Å². The van der Waals surface area contributed by atoms with Crippen LogP contribution in [0.25, 0.3) is 0 Å². The van der Waals surface area contributed by atoms with E-state index in [9.17, 15) is 0 Å². The molecule has 1 atom stereocenters. The largest absolute Gasteiger partial charge is 0.341 e. The van der Waals surface area contributed by atoms with Gasteiger partial charge in [0.05, 0.1) is 18.9 Å². The lowest BCUT2D eigenvalue weighted by molar-refractivity contribution is 0.262. The number of hydrogen-bond donors (Lipinski definition) is 0. The molecule has 1 unspecified atom stereocenters. The molecule has 0 bridgehead atoms. The summed E-state index contributed by atoms with van der Waals surface area (Å²) in [5, 5.41) is 0. The van der Waals surface area contributed by atoms with Gasteiger partial charge in [-0.25, -0.2) is 4.99 Å². The van der Waals surface area contributed by atoms with Crippen molar-refractivity contribution in [1.29, 1.82) is 0 Å². The zero-order chi connectivity index (χ0) is 23.2. The molecule has 0 aliphatic carbocycles. The molecule has 1 fully saturated rings. The van der Waals surface area contributed by atoms with Crippen LogP contribution in [0, 0.1) is 0 Å². The van der Waals surface area contributed by atoms with Crippen molar-refractivity contribution in [3.8, 4) is 0 Å². The summed E-state index contributed by atoms with van der Waals surface area (Å²) in [5.74, 6) is 1.78. The first-order valence-electron chi connectivity index (χ1n) is 12.6. The van der Waals surface area contributed by atoms with Crippen LogP contribution in [0.5, 0.6) is 0 Å². The van der Waals surface area contributed by atoms with Crippen LogP contribution in [0.15, 0.2) is 27.9 Å². The van der Waals surface area contributed by atoms with Crippen molar-refractivity contribution in [2.24, 2.45) is 9.74 Å². The molecule has 0 radical (unpaired) electrons. The summed E-state index contributed by atoms with van der Waals surface area (Å²) in [6.45, 7) is 11.6. The number of aryl methyl sites for hydroxylation is 2. The topological polar surface area (TPSA) is 46.4 Å². The van der Waals surface area contributed by atoms with E-state index < -0.39 is 6.71 Å². The predicted octanol–water partition coefficient (Wildman–Crippen LogP) is 8.23. The van der Waals surface area contributed by atoms with Gasteiger partial charge in [0, 0.05) is 18.8 Å². The Labute approximate surface area is 200 Å². The molecule has 1 aliphatic rings. The third-order valence-electron chi connectivity index (χ3n) is 5.26. The van der Waals surface area contributed by atoms with Crippen molar-refractivity contribution in [3.05, 3.63) is 29.3 Å². The summed E-state index contributed by atoms with van der Waals surface area (Å²) >= 11 is 1.75. The van der Waals surface area contributed by atoms with Crippen molar-refractivity contribution in [2.45, 2.75) is 86.0 Å². The van der Waals surface area contributed by atoms with Crippen LogP contribution in [0.2, 0.25) is 0 Å². The Morgan fingerprint density at radius 1 is 0.938 bits per heavy atom. The van der Waals surface area contributed by atoms with Crippen LogP contribution in [-0.2, 0) is 21.9 Å². The molecule has 182 valence electrons. The molecular formula is C25H44N3O2PS. The minimum atomic E-state index is -2.47. The molecule has 0 spiro atoms. The first kappa shape index (κ1) is 27.4. The van der Waals surface area contributed by atoms with Gasteiger partial charge in [-0.15, -0.1) is 0 Å².